The Morgan fingerprint density at radius 1 is 1.30 bits per heavy atom. The number of nitrogens with one attached hydrogen (secondary N) is 2. The van der Waals surface area contributed by atoms with Gasteiger partial charge in [0, 0.05) is 11.8 Å². The van der Waals surface area contributed by atoms with E-state index in [0.29, 0.717) is 5.69 Å². The maximum absolute atomic E-state index is 11.0. The molecule has 0 aliphatic carbocycles. The molecule has 5 atom stereocenters. The molecule has 1 saturated heterocycles. The first-order chi connectivity index (χ1) is 9.40. The summed E-state index contributed by atoms with van der Waals surface area (Å²) < 4.78 is 5.16. The maximum Gasteiger partial charge on any atom is 0.184 e. The molecule has 1 heterocycles. The molecule has 1 unspecified atom stereocenters. The number of anilines is 1. The molecule has 0 amide bonds. The van der Waals surface area contributed by atoms with Gasteiger partial charge in [0.1, 0.15) is 23.3 Å². The summed E-state index contributed by atoms with van der Waals surface area (Å²) in [5.41, 5.74) is 0.266. The van der Waals surface area contributed by atoms with Crippen molar-refractivity contribution in [2.45, 2.75) is 24.5 Å². The zero-order chi connectivity index (χ0) is 14.9. The van der Waals surface area contributed by atoms with E-state index >= 15 is 0 Å². The van der Waals surface area contributed by atoms with Crippen LogP contribution in [0.3, 0.4) is 0 Å². The Morgan fingerprint density at radius 3 is 2.65 bits per heavy atom. The van der Waals surface area contributed by atoms with E-state index < -0.39 is 29.8 Å². The Balaban J connectivity index is 2.12. The minimum Gasteiger partial charge on any atom is -0.595 e. The quantitative estimate of drug-likeness (QED) is 0.379. The molecule has 0 spiro atoms. The molecule has 1 aromatic carbocycles. The fourth-order valence-corrected chi connectivity index (χ4v) is 2.07. The number of benzene rings is 1. The van der Waals surface area contributed by atoms with Gasteiger partial charge in [-0.25, -0.2) is 5.21 Å². The maximum atomic E-state index is 11.0. The molecule has 8 nitrogen and oxygen atoms in total. The van der Waals surface area contributed by atoms with Crippen LogP contribution in [0.15, 0.2) is 18.2 Å². The first-order valence-electron chi connectivity index (χ1n) is 5.85. The standard InChI is InChI=1S/C11H15ClN2O6/c12-6-2-1-5(3-7(6)14(18)19)13-11-10(17)9(16)8(15)4-20-11/h1-3,8-11,13-18H,4H2/t8-,9-,10+,11-/m1/s1. The summed E-state index contributed by atoms with van der Waals surface area (Å²) in [6, 6.07) is 4.20. The minimum absolute atomic E-state index is 0.0867. The molecule has 9 heteroatoms. The van der Waals surface area contributed by atoms with Crippen LogP contribution in [0.1, 0.15) is 0 Å². The van der Waals surface area contributed by atoms with Crippen molar-refractivity contribution in [1.29, 1.82) is 0 Å². The Kier molecular flexibility index (Phi) is 4.78. The topological polar surface area (TPSA) is 130 Å². The molecule has 0 bridgehead atoms. The Hall–Kier alpha value is -0.970. The van der Waals surface area contributed by atoms with Crippen LogP contribution in [-0.2, 0) is 4.74 Å². The highest BCUT2D eigenvalue weighted by Crippen LogP contribution is 2.24. The molecule has 0 radical (unpaired) electrons. The molecule has 20 heavy (non-hydrogen) atoms. The summed E-state index contributed by atoms with van der Waals surface area (Å²) in [5.74, 6) is 0. The van der Waals surface area contributed by atoms with E-state index in [1.165, 1.54) is 18.2 Å². The molecular weight excluding hydrogens is 292 g/mol. The van der Waals surface area contributed by atoms with Crippen molar-refractivity contribution < 1.29 is 30.5 Å². The smallest absolute Gasteiger partial charge is 0.184 e. The molecular formula is C11H15ClN2O6. The predicted octanol–water partition coefficient (Wildman–Crippen LogP) is -1.41. The summed E-state index contributed by atoms with van der Waals surface area (Å²) in [6.45, 7) is -0.144. The number of ether oxygens (including phenoxy) is 1. The number of hydrogen-bond donors (Lipinski definition) is 6. The number of hydrogen-bond acceptors (Lipinski definition) is 7. The average molecular weight is 307 g/mol. The highest BCUT2D eigenvalue weighted by atomic mass is 35.5. The normalized spacial score (nSPS) is 31.9. The summed E-state index contributed by atoms with van der Waals surface area (Å²) in [7, 11) is 0. The second-order valence-corrected chi connectivity index (χ2v) is 4.85. The summed E-state index contributed by atoms with van der Waals surface area (Å²) in [6.07, 6.45) is -4.81. The van der Waals surface area contributed by atoms with E-state index in [4.69, 9.17) is 21.5 Å². The highest BCUT2D eigenvalue weighted by molar-refractivity contribution is 6.32. The monoisotopic (exact) mass is 306 g/mol. The van der Waals surface area contributed by atoms with Crippen LogP contribution in [0.5, 0.6) is 0 Å². The van der Waals surface area contributed by atoms with Crippen molar-refractivity contribution in [3.05, 3.63) is 28.4 Å². The molecule has 6 N–H and O–H groups in total. The van der Waals surface area contributed by atoms with Crippen molar-refractivity contribution in [2.24, 2.45) is 0 Å². The van der Waals surface area contributed by atoms with Gasteiger partial charge in [0.25, 0.3) is 0 Å². The molecule has 1 aliphatic heterocycles. The van der Waals surface area contributed by atoms with E-state index in [1.54, 1.807) is 0 Å². The van der Waals surface area contributed by atoms with Gasteiger partial charge >= 0.3 is 0 Å². The highest BCUT2D eigenvalue weighted by Gasteiger charge is 2.37. The van der Waals surface area contributed by atoms with Crippen LogP contribution in [0.2, 0.25) is 5.02 Å². The van der Waals surface area contributed by atoms with Gasteiger partial charge in [-0.05, 0) is 12.1 Å². The molecule has 1 aromatic rings. The zero-order valence-corrected chi connectivity index (χ0v) is 11.0. The van der Waals surface area contributed by atoms with Gasteiger partial charge in [0.15, 0.2) is 11.9 Å². The molecule has 1 aliphatic rings. The lowest BCUT2D eigenvalue weighted by molar-refractivity contribution is -0.991. The zero-order valence-electron chi connectivity index (χ0n) is 10.2. The first kappa shape index (κ1) is 15.4. The van der Waals surface area contributed by atoms with Crippen molar-refractivity contribution in [1.82, 2.24) is 0 Å². The number of aliphatic hydroxyl groups is 3. The molecule has 1 fully saturated rings. The second-order valence-electron chi connectivity index (χ2n) is 4.45. The van der Waals surface area contributed by atoms with Gasteiger partial charge in [0.05, 0.1) is 6.61 Å². The van der Waals surface area contributed by atoms with Crippen LogP contribution < -0.4 is 10.5 Å². The summed E-state index contributed by atoms with van der Waals surface area (Å²) in [5, 5.41) is 50.2. The van der Waals surface area contributed by atoms with Gasteiger partial charge in [0.2, 0.25) is 0 Å². The number of halogens is 1. The SMILES string of the molecule is [O-][NH+](O)c1cc(N[C@@H]2OC[C@@H](O)[C@@H](O)[C@@H]2O)ccc1Cl. The van der Waals surface area contributed by atoms with Crippen LogP contribution >= 0.6 is 11.6 Å². The minimum atomic E-state index is -1.34. The number of quaternary nitrogens is 1. The van der Waals surface area contributed by atoms with Crippen LogP contribution in [0, 0.1) is 5.21 Å². The largest absolute Gasteiger partial charge is 0.595 e. The van der Waals surface area contributed by atoms with E-state index in [1.807, 2.05) is 0 Å². The molecule has 112 valence electrons. The Bertz CT molecular complexity index is 474. The van der Waals surface area contributed by atoms with Crippen LogP contribution in [-0.4, -0.2) is 51.7 Å². The third kappa shape index (κ3) is 3.19. The van der Waals surface area contributed by atoms with Gasteiger partial charge in [-0.1, -0.05) is 11.6 Å². The van der Waals surface area contributed by atoms with Gasteiger partial charge in [-0.3, -0.25) is 0 Å². The van der Waals surface area contributed by atoms with Crippen molar-refractivity contribution in [3.8, 4) is 0 Å². The number of aliphatic hydroxyl groups excluding tert-OH is 3. The summed E-state index contributed by atoms with van der Waals surface area (Å²) >= 11 is 5.74. The first-order valence-corrected chi connectivity index (χ1v) is 6.23. The number of rotatable bonds is 3. The third-order valence-electron chi connectivity index (χ3n) is 3.01. The van der Waals surface area contributed by atoms with Crippen molar-refractivity contribution in [2.75, 3.05) is 11.9 Å². The van der Waals surface area contributed by atoms with E-state index in [9.17, 15) is 20.5 Å². The third-order valence-corrected chi connectivity index (χ3v) is 3.34. The van der Waals surface area contributed by atoms with E-state index in [2.05, 4.69) is 5.32 Å². The van der Waals surface area contributed by atoms with E-state index in [-0.39, 0.29) is 17.3 Å². The second kappa shape index (κ2) is 6.20. The van der Waals surface area contributed by atoms with Crippen LogP contribution in [0.25, 0.3) is 0 Å². The molecule has 0 saturated carbocycles. The molecule has 0 aromatic heterocycles. The Labute approximate surface area is 119 Å². The lowest BCUT2D eigenvalue weighted by Gasteiger charge is -2.36. The fraction of sp³-hybridized carbons (Fsp3) is 0.455. The van der Waals surface area contributed by atoms with Gasteiger partial charge in [-0.15, -0.1) is 0 Å². The lowest BCUT2D eigenvalue weighted by atomic mass is 10.0. The van der Waals surface area contributed by atoms with Gasteiger partial charge in [-0.2, -0.15) is 5.23 Å². The average Bonchev–Trinajstić information content (AvgIpc) is 2.41. The summed E-state index contributed by atoms with van der Waals surface area (Å²) in [4.78, 5) is 0. The van der Waals surface area contributed by atoms with Gasteiger partial charge < -0.3 is 30.6 Å². The lowest BCUT2D eigenvalue weighted by Crippen LogP contribution is -2.99. The predicted molar refractivity (Wildman–Crippen MR) is 68.6 cm³/mol. The van der Waals surface area contributed by atoms with Crippen molar-refractivity contribution in [3.63, 3.8) is 0 Å². The molecule has 2 rings (SSSR count). The van der Waals surface area contributed by atoms with Crippen LogP contribution in [0.4, 0.5) is 11.4 Å². The Morgan fingerprint density at radius 2 is 2.00 bits per heavy atom. The fourth-order valence-electron chi connectivity index (χ4n) is 1.88. The van der Waals surface area contributed by atoms with Crippen molar-refractivity contribution >= 4 is 23.0 Å². The van der Waals surface area contributed by atoms with E-state index in [0.717, 1.165) is 0 Å².